The number of carbonyl (C=O) groups excluding carboxylic acids is 1. The number of para-hydroxylation sites is 1. The second-order valence-corrected chi connectivity index (χ2v) is 5.13. The third kappa shape index (κ3) is 2.64. The van der Waals surface area contributed by atoms with Crippen molar-refractivity contribution in [2.75, 3.05) is 5.75 Å². The van der Waals surface area contributed by atoms with Crippen LogP contribution in [0.5, 0.6) is 0 Å². The van der Waals surface area contributed by atoms with Crippen LogP contribution in [0.3, 0.4) is 0 Å². The molecule has 0 saturated heterocycles. The first-order valence-corrected chi connectivity index (χ1v) is 6.18. The van der Waals surface area contributed by atoms with Crippen LogP contribution in [0.25, 0.3) is 0 Å². The van der Waals surface area contributed by atoms with Crippen molar-refractivity contribution in [3.05, 3.63) is 30.3 Å². The highest BCUT2D eigenvalue weighted by atomic mass is 32.2. The largest absolute Gasteiger partial charge is 0.380 e. The first-order chi connectivity index (χ1) is 6.99. The van der Waals surface area contributed by atoms with Gasteiger partial charge < -0.3 is 0 Å². The van der Waals surface area contributed by atoms with Gasteiger partial charge >= 0.3 is 15.9 Å². The van der Waals surface area contributed by atoms with Crippen LogP contribution in [0.4, 0.5) is 5.69 Å². The molecule has 0 fully saturated rings. The van der Waals surface area contributed by atoms with E-state index < -0.39 is 15.9 Å². The van der Waals surface area contributed by atoms with E-state index in [2.05, 4.69) is 0 Å². The third-order valence-electron chi connectivity index (χ3n) is 1.92. The van der Waals surface area contributed by atoms with E-state index in [0.717, 1.165) is 4.31 Å². The summed E-state index contributed by atoms with van der Waals surface area (Å²) in [6.45, 7) is 2.74. The number of hydrogen-bond acceptors (Lipinski definition) is 3. The van der Waals surface area contributed by atoms with Crippen LogP contribution in [0.15, 0.2) is 30.3 Å². The van der Waals surface area contributed by atoms with Gasteiger partial charge in [-0.25, -0.2) is 4.79 Å². The Bertz CT molecular complexity index is 439. The van der Waals surface area contributed by atoms with Crippen LogP contribution < -0.4 is 4.31 Å². The van der Waals surface area contributed by atoms with Gasteiger partial charge in [0.15, 0.2) is 0 Å². The lowest BCUT2D eigenvalue weighted by atomic mass is 10.3. The molecule has 0 atom stereocenters. The summed E-state index contributed by atoms with van der Waals surface area (Å²) in [6.07, 6.45) is 0. The monoisotopic (exact) mass is 227 g/mol. The van der Waals surface area contributed by atoms with Crippen LogP contribution >= 0.6 is 0 Å². The molecule has 0 aliphatic carbocycles. The number of hydrogen-bond donors (Lipinski definition) is 0. The molecule has 1 radical (unpaired) electrons. The van der Waals surface area contributed by atoms with Crippen molar-refractivity contribution in [1.29, 1.82) is 0 Å². The highest BCUT2D eigenvalue weighted by Crippen LogP contribution is 2.17. The van der Waals surface area contributed by atoms with Crippen LogP contribution in [0, 0.1) is 0 Å². The molecule has 0 heterocycles. The maximum Gasteiger partial charge on any atom is 0.380 e. The van der Waals surface area contributed by atoms with Gasteiger partial charge in [0.2, 0.25) is 5.69 Å². The van der Waals surface area contributed by atoms with Gasteiger partial charge in [0.25, 0.3) is 0 Å². The van der Waals surface area contributed by atoms with E-state index in [1.165, 1.54) is 13.8 Å². The second-order valence-electron chi connectivity index (χ2n) is 3.02. The lowest BCUT2D eigenvalue weighted by molar-refractivity contribution is -0.119. The predicted molar refractivity (Wildman–Crippen MR) is 58.4 cm³/mol. The molecular weight excluding hydrogens is 214 g/mol. The van der Waals surface area contributed by atoms with Gasteiger partial charge in [-0.1, -0.05) is 18.2 Å². The first kappa shape index (κ1) is 11.9. The van der Waals surface area contributed by atoms with Crippen LogP contribution in [0.1, 0.15) is 13.8 Å². The molecule has 0 aliphatic rings. The van der Waals surface area contributed by atoms with Gasteiger partial charge in [0.05, 0.1) is 11.2 Å². The molecule has 4 nitrogen and oxygen atoms in total. The molecule has 81 valence electrons. The third-order valence-corrected chi connectivity index (χ3v) is 3.67. The quantitative estimate of drug-likeness (QED) is 0.732. The van der Waals surface area contributed by atoms with Crippen LogP contribution in [-0.2, 0) is 14.8 Å². The zero-order valence-corrected chi connectivity index (χ0v) is 9.49. The van der Waals surface area contributed by atoms with E-state index in [1.54, 1.807) is 30.3 Å². The minimum Gasteiger partial charge on any atom is -0.224 e. The molecule has 1 rings (SSSR count). The Labute approximate surface area is 89.6 Å². The molecule has 0 spiro atoms. The van der Waals surface area contributed by atoms with Gasteiger partial charge in [0.1, 0.15) is 5.75 Å². The van der Waals surface area contributed by atoms with E-state index in [0.29, 0.717) is 5.69 Å². The highest BCUT2D eigenvalue weighted by Gasteiger charge is 2.38. The fourth-order valence-electron chi connectivity index (χ4n) is 1.23. The summed E-state index contributed by atoms with van der Waals surface area (Å²) in [7, 11) is -3.53. The molecular formula is C10H13NO3S+. The lowest BCUT2D eigenvalue weighted by Crippen LogP contribution is -2.37. The zero-order valence-electron chi connectivity index (χ0n) is 8.67. The Morgan fingerprint density at radius 2 is 1.80 bits per heavy atom. The number of anilines is 1. The number of nitrogens with zero attached hydrogens (tertiary/aromatic N) is 1. The second kappa shape index (κ2) is 4.55. The summed E-state index contributed by atoms with van der Waals surface area (Å²) in [5.74, 6) is -0.593. The molecule has 1 aromatic carbocycles. The van der Waals surface area contributed by atoms with E-state index in [1.807, 2.05) is 0 Å². The number of benzene rings is 1. The van der Waals surface area contributed by atoms with Crippen LogP contribution in [-0.4, -0.2) is 20.1 Å². The highest BCUT2D eigenvalue weighted by molar-refractivity contribution is 7.90. The van der Waals surface area contributed by atoms with Crippen molar-refractivity contribution in [3.63, 3.8) is 0 Å². The van der Waals surface area contributed by atoms with Gasteiger partial charge in [0, 0.05) is 12.1 Å². The van der Waals surface area contributed by atoms with Crippen molar-refractivity contribution < 1.29 is 13.2 Å². The van der Waals surface area contributed by atoms with E-state index in [9.17, 15) is 13.2 Å². The van der Waals surface area contributed by atoms with Crippen molar-refractivity contribution in [3.8, 4) is 0 Å². The first-order valence-electron chi connectivity index (χ1n) is 4.57. The van der Waals surface area contributed by atoms with E-state index in [-0.39, 0.29) is 5.75 Å². The maximum absolute atomic E-state index is 11.6. The zero-order chi connectivity index (χ0) is 11.5. The Balaban J connectivity index is 3.23. The Morgan fingerprint density at radius 3 is 2.20 bits per heavy atom. The topological polar surface area (TPSA) is 57.1 Å². The van der Waals surface area contributed by atoms with E-state index in [4.69, 9.17) is 0 Å². The molecule has 1 aromatic rings. The number of sulfonamides is 1. The Morgan fingerprint density at radius 1 is 1.27 bits per heavy atom. The lowest BCUT2D eigenvalue weighted by Gasteiger charge is -2.05. The van der Waals surface area contributed by atoms with Crippen molar-refractivity contribution >= 4 is 21.6 Å². The molecule has 15 heavy (non-hydrogen) atoms. The van der Waals surface area contributed by atoms with Gasteiger partial charge in [-0.2, -0.15) is 8.42 Å². The fourth-order valence-corrected chi connectivity index (χ4v) is 2.32. The van der Waals surface area contributed by atoms with Gasteiger partial charge in [-0.05, 0) is 6.92 Å². The molecule has 0 unspecified atom stereocenters. The molecule has 0 saturated carbocycles. The summed E-state index contributed by atoms with van der Waals surface area (Å²) in [5.41, 5.74) is 0.381. The Kier molecular flexibility index (Phi) is 3.60. The van der Waals surface area contributed by atoms with Crippen molar-refractivity contribution in [2.24, 2.45) is 0 Å². The maximum atomic E-state index is 11.6. The molecule has 0 bridgehead atoms. The van der Waals surface area contributed by atoms with Crippen molar-refractivity contribution in [1.82, 2.24) is 4.31 Å². The molecule has 0 aromatic heterocycles. The van der Waals surface area contributed by atoms with E-state index >= 15 is 0 Å². The van der Waals surface area contributed by atoms with Gasteiger partial charge in [-0.15, -0.1) is 0 Å². The average Bonchev–Trinajstić information content (AvgIpc) is 2.18. The summed E-state index contributed by atoms with van der Waals surface area (Å²) in [4.78, 5) is 11.3. The summed E-state index contributed by atoms with van der Waals surface area (Å²) < 4.78 is 24.1. The Hall–Kier alpha value is -1.20. The number of rotatable bonds is 3. The predicted octanol–water partition coefficient (Wildman–Crippen LogP) is 1.35. The molecule has 0 aliphatic heterocycles. The minimum atomic E-state index is -3.53. The molecule has 0 N–H and O–H groups in total. The average molecular weight is 227 g/mol. The molecule has 1 amide bonds. The fraction of sp³-hybridized carbons (Fsp3) is 0.300. The van der Waals surface area contributed by atoms with Crippen molar-refractivity contribution in [2.45, 2.75) is 13.8 Å². The normalized spacial score (nSPS) is 11.7. The minimum absolute atomic E-state index is 0.0958. The van der Waals surface area contributed by atoms with Gasteiger partial charge in [-0.3, -0.25) is 0 Å². The SMILES string of the molecule is CCS(=O)(=O)[N+](C(C)=O)c1ccccc1. The smallest absolute Gasteiger partial charge is 0.224 e. The number of amides is 1. The standard InChI is InChI=1S/C10H13NO3S/c1-3-15(13,14)11(9(2)12)10-7-5-4-6-8-10/h4-8H,3H2,1-2H3/q+1. The summed E-state index contributed by atoms with van der Waals surface area (Å²) in [5, 5.41) is 0. The summed E-state index contributed by atoms with van der Waals surface area (Å²) >= 11 is 0. The van der Waals surface area contributed by atoms with Crippen LogP contribution in [0.2, 0.25) is 0 Å². The number of carbonyl (C=O) groups is 1. The summed E-state index contributed by atoms with van der Waals surface area (Å²) in [6, 6.07) is 8.33. The molecule has 5 heteroatoms.